The van der Waals surface area contributed by atoms with Crippen LogP contribution >= 0.6 is 0 Å². The van der Waals surface area contributed by atoms with Gasteiger partial charge in [0, 0.05) is 48.6 Å². The van der Waals surface area contributed by atoms with Crippen LogP contribution in [0, 0.1) is 0 Å². The molecule has 0 saturated heterocycles. The fourth-order valence-corrected chi connectivity index (χ4v) is 1.92. The molecule has 0 aliphatic rings. The van der Waals surface area contributed by atoms with Crippen LogP contribution in [0.3, 0.4) is 0 Å². The standard InChI is InChI=1S/C9H21NO2S/c1-9(2)10-5-8-13(11)7-4-6-12-3/h9-10H,4-8H2,1-3H3. The number of methoxy groups -OCH3 is 1. The minimum Gasteiger partial charge on any atom is -0.385 e. The third-order valence-corrected chi connectivity index (χ3v) is 3.01. The number of nitrogens with one attached hydrogen (secondary N) is 1. The van der Waals surface area contributed by atoms with Gasteiger partial charge in [0.25, 0.3) is 0 Å². The Morgan fingerprint density at radius 1 is 1.38 bits per heavy atom. The molecule has 0 bridgehead atoms. The molecule has 0 aliphatic heterocycles. The molecule has 1 N–H and O–H groups in total. The smallest absolute Gasteiger partial charge is 0.0471 e. The van der Waals surface area contributed by atoms with Crippen molar-refractivity contribution in [3.63, 3.8) is 0 Å². The predicted octanol–water partition coefficient (Wildman–Crippen LogP) is 0.770. The number of rotatable bonds is 8. The zero-order chi connectivity index (χ0) is 10.1. The molecular weight excluding hydrogens is 186 g/mol. The topological polar surface area (TPSA) is 38.3 Å². The van der Waals surface area contributed by atoms with Gasteiger partial charge in [0.15, 0.2) is 0 Å². The van der Waals surface area contributed by atoms with Crippen molar-refractivity contribution in [2.75, 3.05) is 31.8 Å². The lowest BCUT2D eigenvalue weighted by Crippen LogP contribution is -2.27. The normalized spacial score (nSPS) is 13.5. The Hall–Kier alpha value is 0.0700. The average Bonchev–Trinajstić information content (AvgIpc) is 2.04. The van der Waals surface area contributed by atoms with Crippen LogP contribution < -0.4 is 5.32 Å². The summed E-state index contributed by atoms with van der Waals surface area (Å²) in [6.45, 7) is 5.74. The van der Waals surface area contributed by atoms with E-state index in [9.17, 15) is 4.21 Å². The van der Waals surface area contributed by atoms with Gasteiger partial charge < -0.3 is 10.1 Å². The van der Waals surface area contributed by atoms with Gasteiger partial charge in [0.2, 0.25) is 0 Å². The van der Waals surface area contributed by atoms with E-state index >= 15 is 0 Å². The monoisotopic (exact) mass is 207 g/mol. The van der Waals surface area contributed by atoms with Crippen molar-refractivity contribution < 1.29 is 8.95 Å². The summed E-state index contributed by atoms with van der Waals surface area (Å²) < 4.78 is 16.2. The average molecular weight is 207 g/mol. The van der Waals surface area contributed by atoms with Crippen molar-refractivity contribution in [1.29, 1.82) is 0 Å². The summed E-state index contributed by atoms with van der Waals surface area (Å²) in [5.74, 6) is 1.51. The number of hydrogen-bond donors (Lipinski definition) is 1. The molecule has 0 aromatic heterocycles. The first-order chi connectivity index (χ1) is 6.16. The first-order valence-corrected chi connectivity index (χ1v) is 6.23. The zero-order valence-electron chi connectivity index (χ0n) is 8.84. The van der Waals surface area contributed by atoms with Crippen LogP contribution in [0.15, 0.2) is 0 Å². The molecule has 0 aromatic carbocycles. The summed E-state index contributed by atoms with van der Waals surface area (Å²) in [6, 6.07) is 0.482. The number of hydrogen-bond acceptors (Lipinski definition) is 3. The minimum atomic E-state index is -0.680. The Morgan fingerprint density at radius 3 is 2.62 bits per heavy atom. The van der Waals surface area contributed by atoms with Gasteiger partial charge in [0.05, 0.1) is 0 Å². The highest BCUT2D eigenvalue weighted by atomic mass is 32.2. The molecule has 0 aliphatic carbocycles. The molecule has 0 aromatic rings. The van der Waals surface area contributed by atoms with Gasteiger partial charge in [-0.25, -0.2) is 0 Å². The molecule has 0 heterocycles. The molecule has 1 atom stereocenters. The molecule has 0 rings (SSSR count). The molecule has 0 spiro atoms. The van der Waals surface area contributed by atoms with Crippen LogP contribution in [0.25, 0.3) is 0 Å². The molecule has 4 heteroatoms. The minimum absolute atomic E-state index is 0.482. The first kappa shape index (κ1) is 13.1. The Balaban J connectivity index is 3.20. The van der Waals surface area contributed by atoms with Gasteiger partial charge in [-0.1, -0.05) is 13.8 Å². The van der Waals surface area contributed by atoms with E-state index in [0.717, 1.165) is 24.5 Å². The highest BCUT2D eigenvalue weighted by molar-refractivity contribution is 7.84. The Labute approximate surface area is 83.7 Å². The van der Waals surface area contributed by atoms with E-state index in [2.05, 4.69) is 19.2 Å². The van der Waals surface area contributed by atoms with Crippen LogP contribution in [-0.4, -0.2) is 42.0 Å². The molecule has 3 nitrogen and oxygen atoms in total. The van der Waals surface area contributed by atoms with E-state index in [-0.39, 0.29) is 0 Å². The third-order valence-electron chi connectivity index (χ3n) is 1.60. The summed E-state index contributed by atoms with van der Waals surface area (Å²) in [6.07, 6.45) is 0.894. The van der Waals surface area contributed by atoms with E-state index in [1.165, 1.54) is 0 Å². The summed E-state index contributed by atoms with van der Waals surface area (Å²) in [7, 11) is 0.989. The maximum atomic E-state index is 11.3. The quantitative estimate of drug-likeness (QED) is 0.598. The highest BCUT2D eigenvalue weighted by Crippen LogP contribution is 1.88. The molecule has 13 heavy (non-hydrogen) atoms. The second-order valence-electron chi connectivity index (χ2n) is 3.30. The SMILES string of the molecule is COCCCS(=O)CCNC(C)C. The van der Waals surface area contributed by atoms with Gasteiger partial charge in [-0.05, 0) is 6.42 Å². The zero-order valence-corrected chi connectivity index (χ0v) is 9.65. The molecule has 0 radical (unpaired) electrons. The Bertz CT molecular complexity index is 140. The predicted molar refractivity (Wildman–Crippen MR) is 57.5 cm³/mol. The second kappa shape index (κ2) is 8.66. The molecule has 0 saturated carbocycles. The Kier molecular flexibility index (Phi) is 8.71. The van der Waals surface area contributed by atoms with Gasteiger partial charge in [0.1, 0.15) is 0 Å². The molecule has 1 unspecified atom stereocenters. The van der Waals surface area contributed by atoms with E-state index < -0.39 is 10.8 Å². The van der Waals surface area contributed by atoms with Gasteiger partial charge in [-0.15, -0.1) is 0 Å². The van der Waals surface area contributed by atoms with E-state index in [4.69, 9.17) is 4.74 Å². The van der Waals surface area contributed by atoms with E-state index in [0.29, 0.717) is 12.6 Å². The van der Waals surface area contributed by atoms with Crippen molar-refractivity contribution in [3.8, 4) is 0 Å². The highest BCUT2D eigenvalue weighted by Gasteiger charge is 1.99. The van der Waals surface area contributed by atoms with Crippen molar-refractivity contribution >= 4 is 10.8 Å². The van der Waals surface area contributed by atoms with E-state index in [1.54, 1.807) is 7.11 Å². The second-order valence-corrected chi connectivity index (χ2v) is 5.00. The van der Waals surface area contributed by atoms with Crippen molar-refractivity contribution in [3.05, 3.63) is 0 Å². The third kappa shape index (κ3) is 9.99. The van der Waals surface area contributed by atoms with Crippen LogP contribution in [0.5, 0.6) is 0 Å². The lowest BCUT2D eigenvalue weighted by Gasteiger charge is -2.07. The summed E-state index contributed by atoms with van der Waals surface area (Å²) in [4.78, 5) is 0. The fraction of sp³-hybridized carbons (Fsp3) is 1.00. The van der Waals surface area contributed by atoms with Crippen LogP contribution in [0.2, 0.25) is 0 Å². The fourth-order valence-electron chi connectivity index (χ4n) is 0.928. The van der Waals surface area contributed by atoms with Crippen molar-refractivity contribution in [2.45, 2.75) is 26.3 Å². The molecular formula is C9H21NO2S. The van der Waals surface area contributed by atoms with Crippen LogP contribution in [0.1, 0.15) is 20.3 Å². The largest absolute Gasteiger partial charge is 0.385 e. The Morgan fingerprint density at radius 2 is 2.08 bits per heavy atom. The van der Waals surface area contributed by atoms with Gasteiger partial charge >= 0.3 is 0 Å². The maximum absolute atomic E-state index is 11.3. The summed E-state index contributed by atoms with van der Waals surface area (Å²) >= 11 is 0. The first-order valence-electron chi connectivity index (χ1n) is 4.74. The molecule has 0 amide bonds. The lowest BCUT2D eigenvalue weighted by molar-refractivity contribution is 0.200. The van der Waals surface area contributed by atoms with Gasteiger partial charge in [-0.2, -0.15) is 0 Å². The molecule has 0 fully saturated rings. The maximum Gasteiger partial charge on any atom is 0.0471 e. The van der Waals surface area contributed by atoms with Crippen molar-refractivity contribution in [2.24, 2.45) is 0 Å². The van der Waals surface area contributed by atoms with Crippen LogP contribution in [-0.2, 0) is 15.5 Å². The van der Waals surface area contributed by atoms with E-state index in [1.807, 2.05) is 0 Å². The summed E-state index contributed by atoms with van der Waals surface area (Å²) in [5.41, 5.74) is 0. The van der Waals surface area contributed by atoms with Crippen LogP contribution in [0.4, 0.5) is 0 Å². The molecule has 80 valence electrons. The number of ether oxygens (including phenoxy) is 1. The summed E-state index contributed by atoms with van der Waals surface area (Å²) in [5, 5.41) is 3.24. The van der Waals surface area contributed by atoms with Gasteiger partial charge in [-0.3, -0.25) is 4.21 Å². The van der Waals surface area contributed by atoms with Crippen molar-refractivity contribution in [1.82, 2.24) is 5.32 Å². The lowest BCUT2D eigenvalue weighted by atomic mass is 10.4.